The molecule has 0 unspecified atom stereocenters. The fraction of sp³-hybridized carbons (Fsp3) is 0.417. The fourth-order valence-electron chi connectivity index (χ4n) is 1.83. The highest BCUT2D eigenvalue weighted by Gasteiger charge is 2.24. The van der Waals surface area contributed by atoms with Gasteiger partial charge in [-0.05, 0) is 25.3 Å². The molecule has 3 nitrogen and oxygen atoms in total. The van der Waals surface area contributed by atoms with E-state index in [1.807, 2.05) is 13.0 Å². The molecule has 1 aliphatic rings. The number of amidine groups is 1. The summed E-state index contributed by atoms with van der Waals surface area (Å²) in [6.45, 7) is 2.01. The van der Waals surface area contributed by atoms with Crippen molar-refractivity contribution in [2.24, 2.45) is 10.7 Å². The summed E-state index contributed by atoms with van der Waals surface area (Å²) in [5.41, 5.74) is 6.85. The van der Waals surface area contributed by atoms with Crippen LogP contribution in [-0.4, -0.2) is 18.2 Å². The molecule has 15 heavy (non-hydrogen) atoms. The Morgan fingerprint density at radius 2 is 2.07 bits per heavy atom. The van der Waals surface area contributed by atoms with Gasteiger partial charge in [0.2, 0.25) is 0 Å². The van der Waals surface area contributed by atoms with E-state index in [2.05, 4.69) is 29.3 Å². The Morgan fingerprint density at radius 1 is 1.33 bits per heavy atom. The molecule has 1 aliphatic heterocycles. The molecule has 3 heteroatoms. The lowest BCUT2D eigenvalue weighted by Gasteiger charge is -2.11. The van der Waals surface area contributed by atoms with Gasteiger partial charge in [-0.2, -0.15) is 0 Å². The molecule has 0 saturated carbocycles. The molecule has 1 aromatic rings. The molecule has 0 radical (unpaired) electrons. The maximum absolute atomic E-state index is 5.51. The lowest BCUT2D eigenvalue weighted by Crippen LogP contribution is -2.20. The summed E-state index contributed by atoms with van der Waals surface area (Å²) in [4.78, 5) is 4.26. The van der Waals surface area contributed by atoms with Crippen molar-refractivity contribution in [3.05, 3.63) is 35.9 Å². The molecule has 0 amide bonds. The lowest BCUT2D eigenvalue weighted by molar-refractivity contribution is 0.205. The number of hydrogen-bond donors (Lipinski definition) is 1. The van der Waals surface area contributed by atoms with Crippen LogP contribution in [0.2, 0.25) is 0 Å². The molecule has 0 spiro atoms. The minimum Gasteiger partial charge on any atom is -0.460 e. The van der Waals surface area contributed by atoms with Crippen LogP contribution >= 0.6 is 0 Å². The number of nitrogens with zero attached hydrogens (tertiary/aromatic N) is 1. The van der Waals surface area contributed by atoms with Crippen molar-refractivity contribution in [3.8, 4) is 0 Å². The van der Waals surface area contributed by atoms with Crippen LogP contribution in [0.25, 0.3) is 0 Å². The van der Waals surface area contributed by atoms with E-state index in [4.69, 9.17) is 10.5 Å². The topological polar surface area (TPSA) is 47.6 Å². The van der Waals surface area contributed by atoms with Crippen LogP contribution in [0, 0.1) is 0 Å². The third-order valence-corrected chi connectivity index (χ3v) is 2.71. The predicted molar refractivity (Wildman–Crippen MR) is 60.7 cm³/mol. The van der Waals surface area contributed by atoms with Crippen molar-refractivity contribution in [3.63, 3.8) is 0 Å². The molecular weight excluding hydrogens is 188 g/mol. The zero-order valence-corrected chi connectivity index (χ0v) is 8.89. The van der Waals surface area contributed by atoms with Gasteiger partial charge in [-0.1, -0.05) is 30.3 Å². The van der Waals surface area contributed by atoms with Crippen molar-refractivity contribution in [1.82, 2.24) is 0 Å². The number of aryl methyl sites for hydroxylation is 1. The van der Waals surface area contributed by atoms with Crippen molar-refractivity contribution in [1.29, 1.82) is 0 Å². The summed E-state index contributed by atoms with van der Waals surface area (Å²) < 4.78 is 5.29. The molecule has 2 N–H and O–H groups in total. The van der Waals surface area contributed by atoms with Crippen LogP contribution in [0.3, 0.4) is 0 Å². The Hall–Kier alpha value is -1.51. The summed E-state index contributed by atoms with van der Waals surface area (Å²) in [7, 11) is 0. The van der Waals surface area contributed by atoms with E-state index < -0.39 is 0 Å². The first-order valence-electron chi connectivity index (χ1n) is 5.29. The molecule has 0 bridgehead atoms. The summed E-state index contributed by atoms with van der Waals surface area (Å²) in [6, 6.07) is 11.0. The zero-order chi connectivity index (χ0) is 10.7. The Bertz CT molecular complexity index is 348. The monoisotopic (exact) mass is 204 g/mol. The average Bonchev–Trinajstić information content (AvgIpc) is 2.56. The molecule has 0 aliphatic carbocycles. The van der Waals surface area contributed by atoms with Crippen molar-refractivity contribution in [2.45, 2.75) is 31.9 Å². The smallest absolute Gasteiger partial charge is 0.282 e. The summed E-state index contributed by atoms with van der Waals surface area (Å²) in [6.07, 6.45) is 2.13. The first-order valence-corrected chi connectivity index (χ1v) is 5.29. The van der Waals surface area contributed by atoms with E-state index in [9.17, 15) is 0 Å². The molecule has 80 valence electrons. The van der Waals surface area contributed by atoms with E-state index in [1.165, 1.54) is 5.56 Å². The number of nitrogens with two attached hydrogens (primary N) is 1. The minimum atomic E-state index is 0.119. The van der Waals surface area contributed by atoms with Gasteiger partial charge in [0.05, 0.1) is 6.04 Å². The predicted octanol–water partition coefficient (Wildman–Crippen LogP) is 1.72. The second-order valence-electron chi connectivity index (χ2n) is 3.88. The van der Waals surface area contributed by atoms with Gasteiger partial charge in [0, 0.05) is 0 Å². The van der Waals surface area contributed by atoms with Gasteiger partial charge in [0.1, 0.15) is 6.10 Å². The summed E-state index contributed by atoms with van der Waals surface area (Å²) in [5.74, 6) is 0. The van der Waals surface area contributed by atoms with E-state index in [0.29, 0.717) is 6.02 Å². The number of ether oxygens (including phenoxy) is 1. The van der Waals surface area contributed by atoms with Crippen LogP contribution in [0.5, 0.6) is 0 Å². The third kappa shape index (κ3) is 2.49. The first kappa shape index (κ1) is 10.0. The Balaban J connectivity index is 1.89. The molecule has 0 aromatic heterocycles. The van der Waals surface area contributed by atoms with Gasteiger partial charge in [-0.25, -0.2) is 4.99 Å². The standard InChI is InChI=1S/C12H16N2O/c1-9-11(14-12(13)15-9)8-7-10-5-3-2-4-6-10/h2-6,9,11H,7-8H2,1H3,(H2,13,14)/t9-,11+/m1/s1. The molecule has 0 fully saturated rings. The van der Waals surface area contributed by atoms with Crippen molar-refractivity contribution >= 4 is 6.02 Å². The van der Waals surface area contributed by atoms with Crippen LogP contribution in [0.15, 0.2) is 35.3 Å². The van der Waals surface area contributed by atoms with E-state index in [0.717, 1.165) is 12.8 Å². The summed E-state index contributed by atoms with van der Waals surface area (Å²) in [5, 5.41) is 0. The van der Waals surface area contributed by atoms with Crippen molar-refractivity contribution < 1.29 is 4.74 Å². The van der Waals surface area contributed by atoms with E-state index >= 15 is 0 Å². The highest BCUT2D eigenvalue weighted by Crippen LogP contribution is 2.17. The number of aliphatic imine (C=N–C) groups is 1. The minimum absolute atomic E-state index is 0.119. The van der Waals surface area contributed by atoms with Gasteiger partial charge < -0.3 is 10.5 Å². The zero-order valence-electron chi connectivity index (χ0n) is 8.89. The van der Waals surface area contributed by atoms with Crippen LogP contribution in [-0.2, 0) is 11.2 Å². The van der Waals surface area contributed by atoms with Crippen LogP contribution < -0.4 is 5.73 Å². The second kappa shape index (κ2) is 4.34. The largest absolute Gasteiger partial charge is 0.460 e. The maximum Gasteiger partial charge on any atom is 0.282 e. The van der Waals surface area contributed by atoms with Gasteiger partial charge in [-0.15, -0.1) is 0 Å². The van der Waals surface area contributed by atoms with Gasteiger partial charge in [0.25, 0.3) is 6.02 Å². The van der Waals surface area contributed by atoms with Crippen LogP contribution in [0.4, 0.5) is 0 Å². The molecule has 2 rings (SSSR count). The molecular formula is C12H16N2O. The Kier molecular flexibility index (Phi) is 2.90. The molecule has 0 saturated heterocycles. The quantitative estimate of drug-likeness (QED) is 0.815. The fourth-order valence-corrected chi connectivity index (χ4v) is 1.83. The Labute approximate surface area is 90.0 Å². The lowest BCUT2D eigenvalue weighted by atomic mass is 10.0. The Morgan fingerprint density at radius 3 is 2.67 bits per heavy atom. The molecule has 1 aromatic carbocycles. The van der Waals surface area contributed by atoms with Crippen LogP contribution in [0.1, 0.15) is 18.9 Å². The van der Waals surface area contributed by atoms with Gasteiger partial charge >= 0.3 is 0 Å². The van der Waals surface area contributed by atoms with E-state index in [-0.39, 0.29) is 12.1 Å². The highest BCUT2D eigenvalue weighted by atomic mass is 16.5. The van der Waals surface area contributed by atoms with E-state index in [1.54, 1.807) is 0 Å². The first-order chi connectivity index (χ1) is 7.25. The number of benzene rings is 1. The SMILES string of the molecule is C[C@H]1OC(N)=N[C@H]1CCc1ccccc1. The second-order valence-corrected chi connectivity index (χ2v) is 3.88. The average molecular weight is 204 g/mol. The van der Waals surface area contributed by atoms with Crippen molar-refractivity contribution in [2.75, 3.05) is 0 Å². The normalized spacial score (nSPS) is 24.7. The molecule has 2 atom stereocenters. The highest BCUT2D eigenvalue weighted by molar-refractivity contribution is 5.73. The third-order valence-electron chi connectivity index (χ3n) is 2.71. The summed E-state index contributed by atoms with van der Waals surface area (Å²) >= 11 is 0. The molecule has 1 heterocycles. The maximum atomic E-state index is 5.51. The van der Waals surface area contributed by atoms with Gasteiger partial charge in [0.15, 0.2) is 0 Å². The van der Waals surface area contributed by atoms with Gasteiger partial charge in [-0.3, -0.25) is 0 Å². The number of hydrogen-bond acceptors (Lipinski definition) is 3. The number of rotatable bonds is 3.